The molecule has 0 radical (unpaired) electrons. The Kier molecular flexibility index (Phi) is 4.34. The molecular weight excluding hydrogens is 222 g/mol. The van der Waals surface area contributed by atoms with E-state index in [1.54, 1.807) is 7.11 Å². The fourth-order valence-corrected chi connectivity index (χ4v) is 2.45. The molecule has 0 spiro atoms. The van der Waals surface area contributed by atoms with Gasteiger partial charge in [0.1, 0.15) is 11.8 Å². The number of hydrogen-bond acceptors (Lipinski definition) is 1. The van der Waals surface area contributed by atoms with Crippen molar-refractivity contribution >= 4 is 0 Å². The summed E-state index contributed by atoms with van der Waals surface area (Å²) in [5.41, 5.74) is 7.94. The van der Waals surface area contributed by atoms with Gasteiger partial charge in [0, 0.05) is 13.5 Å². The standard InChI is InChI=1S/C16H21NO/c1-12(14-6-4-3-5-7-14)10-13-8-9-15(17)16(11-13)18-2/h3-9,12,16H,10-11,17H2,1-2H3/p+1. The molecule has 0 saturated heterocycles. The predicted octanol–water partition coefficient (Wildman–Crippen LogP) is 2.65. The van der Waals surface area contributed by atoms with Gasteiger partial charge in [-0.1, -0.05) is 48.9 Å². The van der Waals surface area contributed by atoms with E-state index >= 15 is 0 Å². The Morgan fingerprint density at radius 3 is 2.67 bits per heavy atom. The van der Waals surface area contributed by atoms with E-state index in [9.17, 15) is 0 Å². The van der Waals surface area contributed by atoms with Gasteiger partial charge in [-0.2, -0.15) is 0 Å². The van der Waals surface area contributed by atoms with E-state index in [0.717, 1.165) is 18.5 Å². The summed E-state index contributed by atoms with van der Waals surface area (Å²) in [6.45, 7) is 2.28. The quantitative estimate of drug-likeness (QED) is 0.868. The number of benzene rings is 1. The van der Waals surface area contributed by atoms with Crippen molar-refractivity contribution in [3.05, 3.63) is 59.3 Å². The summed E-state index contributed by atoms with van der Waals surface area (Å²) < 4.78 is 5.45. The number of ether oxygens (including phenoxy) is 1. The summed E-state index contributed by atoms with van der Waals surface area (Å²) in [7, 11) is 1.76. The zero-order valence-electron chi connectivity index (χ0n) is 11.2. The van der Waals surface area contributed by atoms with E-state index in [0.29, 0.717) is 5.92 Å². The van der Waals surface area contributed by atoms with Gasteiger partial charge < -0.3 is 10.5 Å². The zero-order chi connectivity index (χ0) is 13.0. The van der Waals surface area contributed by atoms with Crippen molar-refractivity contribution in [1.82, 2.24) is 0 Å². The van der Waals surface area contributed by atoms with E-state index in [2.05, 4.69) is 55.1 Å². The highest BCUT2D eigenvalue weighted by atomic mass is 16.5. The summed E-state index contributed by atoms with van der Waals surface area (Å²) in [5.74, 6) is 0.551. The minimum absolute atomic E-state index is 0.160. The Bertz CT molecular complexity index is 447. The third-order valence-corrected chi connectivity index (χ3v) is 3.62. The lowest BCUT2D eigenvalue weighted by Crippen LogP contribution is -2.53. The van der Waals surface area contributed by atoms with Crippen molar-refractivity contribution in [2.45, 2.75) is 31.8 Å². The topological polar surface area (TPSA) is 36.9 Å². The smallest absolute Gasteiger partial charge is 0.134 e. The summed E-state index contributed by atoms with van der Waals surface area (Å²) in [6.07, 6.45) is 6.52. The van der Waals surface area contributed by atoms with Crippen LogP contribution in [0.4, 0.5) is 0 Å². The maximum absolute atomic E-state index is 5.45. The summed E-state index contributed by atoms with van der Waals surface area (Å²) in [4.78, 5) is 0. The average Bonchev–Trinajstić information content (AvgIpc) is 2.42. The lowest BCUT2D eigenvalue weighted by atomic mass is 9.88. The SMILES string of the molecule is COC1CC(CC(C)c2ccccc2)=CC=C1[NH3+]. The van der Waals surface area contributed by atoms with E-state index in [1.165, 1.54) is 11.1 Å². The van der Waals surface area contributed by atoms with E-state index in [1.807, 2.05) is 0 Å². The van der Waals surface area contributed by atoms with Gasteiger partial charge in [-0.15, -0.1) is 0 Å². The third-order valence-electron chi connectivity index (χ3n) is 3.62. The maximum Gasteiger partial charge on any atom is 0.134 e. The Hall–Kier alpha value is -1.38. The van der Waals surface area contributed by atoms with Gasteiger partial charge >= 0.3 is 0 Å². The van der Waals surface area contributed by atoms with Crippen molar-refractivity contribution in [2.75, 3.05) is 7.11 Å². The first kappa shape index (κ1) is 13.1. The molecule has 96 valence electrons. The van der Waals surface area contributed by atoms with Gasteiger partial charge in [0.15, 0.2) is 0 Å². The molecule has 0 aromatic heterocycles. The molecule has 0 bridgehead atoms. The number of rotatable bonds is 4. The molecule has 2 rings (SSSR count). The normalized spacial score (nSPS) is 21.2. The van der Waals surface area contributed by atoms with E-state index in [4.69, 9.17) is 4.74 Å². The fourth-order valence-electron chi connectivity index (χ4n) is 2.45. The molecule has 18 heavy (non-hydrogen) atoms. The second-order valence-electron chi connectivity index (χ2n) is 5.01. The van der Waals surface area contributed by atoms with Gasteiger partial charge in [-0.3, -0.25) is 0 Å². The van der Waals surface area contributed by atoms with Crippen LogP contribution in [0, 0.1) is 0 Å². The summed E-state index contributed by atoms with van der Waals surface area (Å²) >= 11 is 0. The maximum atomic E-state index is 5.45. The first-order chi connectivity index (χ1) is 8.70. The molecule has 1 aromatic carbocycles. The highest BCUT2D eigenvalue weighted by Gasteiger charge is 2.20. The summed E-state index contributed by atoms with van der Waals surface area (Å²) in [5, 5.41) is 0. The van der Waals surface area contributed by atoms with Gasteiger partial charge in [-0.25, -0.2) is 0 Å². The molecule has 3 N–H and O–H groups in total. The Morgan fingerprint density at radius 1 is 1.28 bits per heavy atom. The third kappa shape index (κ3) is 3.09. The number of quaternary nitrogens is 1. The molecule has 1 aliphatic rings. The molecule has 1 aromatic rings. The van der Waals surface area contributed by atoms with Crippen LogP contribution in [0.15, 0.2) is 53.8 Å². The van der Waals surface area contributed by atoms with Crippen molar-refractivity contribution in [2.24, 2.45) is 0 Å². The fraction of sp³-hybridized carbons (Fsp3) is 0.375. The Balaban J connectivity index is 2.03. The van der Waals surface area contributed by atoms with Crippen molar-refractivity contribution in [1.29, 1.82) is 0 Å². The number of methoxy groups -OCH3 is 1. The molecule has 2 unspecified atom stereocenters. The minimum atomic E-state index is 0.160. The Labute approximate surface area is 109 Å². The van der Waals surface area contributed by atoms with Gasteiger partial charge in [0.25, 0.3) is 0 Å². The summed E-state index contributed by atoms with van der Waals surface area (Å²) in [6, 6.07) is 10.7. The van der Waals surface area contributed by atoms with Crippen molar-refractivity contribution in [3.8, 4) is 0 Å². The lowest BCUT2D eigenvalue weighted by Gasteiger charge is -2.21. The second-order valence-corrected chi connectivity index (χ2v) is 5.01. The van der Waals surface area contributed by atoms with E-state index < -0.39 is 0 Å². The van der Waals surface area contributed by atoms with Crippen LogP contribution in [0.1, 0.15) is 31.2 Å². The molecule has 2 nitrogen and oxygen atoms in total. The molecule has 0 saturated carbocycles. The van der Waals surface area contributed by atoms with Crippen LogP contribution in [-0.2, 0) is 4.74 Å². The van der Waals surface area contributed by atoms with Crippen LogP contribution in [0.5, 0.6) is 0 Å². The van der Waals surface area contributed by atoms with Crippen LogP contribution in [0.3, 0.4) is 0 Å². The highest BCUT2D eigenvalue weighted by molar-refractivity contribution is 5.27. The van der Waals surface area contributed by atoms with Gasteiger partial charge in [0.2, 0.25) is 0 Å². The van der Waals surface area contributed by atoms with Crippen LogP contribution in [0.2, 0.25) is 0 Å². The first-order valence-electron chi connectivity index (χ1n) is 6.50. The average molecular weight is 244 g/mol. The van der Waals surface area contributed by atoms with Gasteiger partial charge in [0.05, 0.1) is 0 Å². The number of hydrogen-bond donors (Lipinski definition) is 1. The molecule has 0 aliphatic heterocycles. The van der Waals surface area contributed by atoms with Crippen LogP contribution < -0.4 is 5.73 Å². The zero-order valence-corrected chi connectivity index (χ0v) is 11.2. The molecule has 2 atom stereocenters. The predicted molar refractivity (Wildman–Crippen MR) is 73.9 cm³/mol. The largest absolute Gasteiger partial charge is 0.371 e. The Morgan fingerprint density at radius 2 is 2.00 bits per heavy atom. The monoisotopic (exact) mass is 244 g/mol. The molecule has 1 aliphatic carbocycles. The van der Waals surface area contributed by atoms with Gasteiger partial charge in [-0.05, 0) is 24.0 Å². The highest BCUT2D eigenvalue weighted by Crippen LogP contribution is 2.28. The first-order valence-corrected chi connectivity index (χ1v) is 6.50. The molecule has 0 fully saturated rings. The molecular formula is C16H22NO+. The van der Waals surface area contributed by atoms with Crippen LogP contribution in [0.25, 0.3) is 0 Å². The molecule has 0 amide bonds. The van der Waals surface area contributed by atoms with Crippen molar-refractivity contribution in [3.63, 3.8) is 0 Å². The van der Waals surface area contributed by atoms with Crippen LogP contribution >= 0.6 is 0 Å². The number of allylic oxidation sites excluding steroid dienone is 2. The van der Waals surface area contributed by atoms with E-state index in [-0.39, 0.29) is 6.10 Å². The molecule has 2 heteroatoms. The molecule has 0 heterocycles. The lowest BCUT2D eigenvalue weighted by molar-refractivity contribution is -0.321. The minimum Gasteiger partial charge on any atom is -0.371 e. The second kappa shape index (κ2) is 5.98. The van der Waals surface area contributed by atoms with Crippen molar-refractivity contribution < 1.29 is 10.5 Å². The van der Waals surface area contributed by atoms with Crippen LogP contribution in [-0.4, -0.2) is 13.2 Å².